The predicted molar refractivity (Wildman–Crippen MR) is 106 cm³/mol. The summed E-state index contributed by atoms with van der Waals surface area (Å²) in [7, 11) is -3.91. The minimum Gasteiger partial charge on any atom is -0.313 e. The number of hydrogen-bond acceptors (Lipinski definition) is 4. The molecular weight excluding hydrogens is 390 g/mol. The number of sulfonamides is 1. The number of benzene rings is 2. The highest BCUT2D eigenvalue weighted by Gasteiger charge is 2.16. The Morgan fingerprint density at radius 1 is 1.23 bits per heavy atom. The van der Waals surface area contributed by atoms with Crippen molar-refractivity contribution in [2.75, 3.05) is 0 Å². The number of thiazole rings is 1. The minimum absolute atomic E-state index is 0.0935. The van der Waals surface area contributed by atoms with Crippen LogP contribution in [0.15, 0.2) is 76.5 Å². The molecule has 8 heteroatoms. The van der Waals surface area contributed by atoms with Crippen molar-refractivity contribution in [1.29, 1.82) is 0 Å². The van der Waals surface area contributed by atoms with Crippen LogP contribution in [-0.4, -0.2) is 13.0 Å². The van der Waals surface area contributed by atoms with Gasteiger partial charge in [0, 0.05) is 17.5 Å². The molecule has 2 aromatic carbocycles. The highest BCUT2D eigenvalue weighted by molar-refractivity contribution is 7.89. The standard InChI is InChI=1S/C18H16ClN3O2S2/c1-2-10-22-16(12-25-18(22)21-14-6-4-3-5-7-14)13-8-9-15(19)17(11-13)26(20,23)24/h2-9,11-12H,1,10H2,(H2,20,23,24). The number of primary sulfonamides is 1. The lowest BCUT2D eigenvalue weighted by molar-refractivity contribution is 0.598. The van der Waals surface area contributed by atoms with Gasteiger partial charge in [0.05, 0.1) is 16.4 Å². The fourth-order valence-corrected chi connectivity index (χ4v) is 4.46. The lowest BCUT2D eigenvalue weighted by atomic mass is 10.2. The Hall–Kier alpha value is -2.19. The first-order valence-electron chi connectivity index (χ1n) is 7.62. The van der Waals surface area contributed by atoms with Crippen LogP contribution in [0.5, 0.6) is 0 Å². The summed E-state index contributed by atoms with van der Waals surface area (Å²) in [5.74, 6) is 0. The Kier molecular flexibility index (Phi) is 5.43. The van der Waals surface area contributed by atoms with Gasteiger partial charge in [-0.2, -0.15) is 0 Å². The molecule has 0 saturated carbocycles. The number of aromatic nitrogens is 1. The molecule has 0 aliphatic heterocycles. The van der Waals surface area contributed by atoms with Gasteiger partial charge in [-0.05, 0) is 24.3 Å². The largest absolute Gasteiger partial charge is 0.313 e. The van der Waals surface area contributed by atoms with Crippen molar-refractivity contribution in [1.82, 2.24) is 4.57 Å². The Balaban J connectivity index is 2.18. The molecule has 1 heterocycles. The van der Waals surface area contributed by atoms with Gasteiger partial charge in [-0.15, -0.1) is 17.9 Å². The number of allylic oxidation sites excluding steroid dienone is 1. The molecule has 0 unspecified atom stereocenters. The Morgan fingerprint density at radius 2 is 1.96 bits per heavy atom. The van der Waals surface area contributed by atoms with E-state index in [-0.39, 0.29) is 9.92 Å². The van der Waals surface area contributed by atoms with E-state index in [0.717, 1.165) is 16.2 Å². The van der Waals surface area contributed by atoms with E-state index < -0.39 is 10.0 Å². The third-order valence-corrected chi connectivity index (χ3v) is 5.88. The van der Waals surface area contributed by atoms with Crippen LogP contribution in [0, 0.1) is 0 Å². The van der Waals surface area contributed by atoms with E-state index in [1.807, 2.05) is 40.3 Å². The predicted octanol–water partition coefficient (Wildman–Crippen LogP) is 3.94. The number of para-hydroxylation sites is 1. The van der Waals surface area contributed by atoms with Gasteiger partial charge in [0.25, 0.3) is 0 Å². The Morgan fingerprint density at radius 3 is 2.62 bits per heavy atom. The minimum atomic E-state index is -3.91. The van der Waals surface area contributed by atoms with Gasteiger partial charge in [0.2, 0.25) is 10.0 Å². The average Bonchev–Trinajstić information content (AvgIpc) is 2.98. The van der Waals surface area contributed by atoms with Gasteiger partial charge in [0.1, 0.15) is 4.90 Å². The molecule has 0 atom stereocenters. The van der Waals surface area contributed by atoms with Gasteiger partial charge < -0.3 is 4.57 Å². The third-order valence-electron chi connectivity index (χ3n) is 3.62. The second kappa shape index (κ2) is 7.59. The van der Waals surface area contributed by atoms with Gasteiger partial charge in [0.15, 0.2) is 4.80 Å². The third kappa shape index (κ3) is 3.96. The van der Waals surface area contributed by atoms with E-state index in [2.05, 4.69) is 11.6 Å². The van der Waals surface area contributed by atoms with Crippen LogP contribution in [0.2, 0.25) is 5.02 Å². The summed E-state index contributed by atoms with van der Waals surface area (Å²) in [5.41, 5.74) is 2.33. The van der Waals surface area contributed by atoms with Crippen LogP contribution >= 0.6 is 22.9 Å². The van der Waals surface area contributed by atoms with Crippen molar-refractivity contribution in [3.8, 4) is 11.3 Å². The maximum Gasteiger partial charge on any atom is 0.239 e. The van der Waals surface area contributed by atoms with Crippen molar-refractivity contribution in [2.24, 2.45) is 10.1 Å². The van der Waals surface area contributed by atoms with Crippen molar-refractivity contribution in [2.45, 2.75) is 11.4 Å². The molecule has 3 rings (SSSR count). The normalized spacial score (nSPS) is 12.3. The molecular formula is C18H16ClN3O2S2. The van der Waals surface area contributed by atoms with Gasteiger partial charge in [-0.25, -0.2) is 18.5 Å². The molecule has 2 N–H and O–H groups in total. The quantitative estimate of drug-likeness (QED) is 0.652. The smallest absolute Gasteiger partial charge is 0.239 e. The highest BCUT2D eigenvalue weighted by Crippen LogP contribution is 2.28. The van der Waals surface area contributed by atoms with E-state index in [1.165, 1.54) is 23.5 Å². The molecule has 0 spiro atoms. The fraction of sp³-hybridized carbons (Fsp3) is 0.0556. The molecule has 0 bridgehead atoms. The number of halogens is 1. The summed E-state index contributed by atoms with van der Waals surface area (Å²) in [4.78, 5) is 5.33. The summed E-state index contributed by atoms with van der Waals surface area (Å²) >= 11 is 7.44. The summed E-state index contributed by atoms with van der Waals surface area (Å²) < 4.78 is 25.5. The molecule has 26 heavy (non-hydrogen) atoms. The second-order valence-corrected chi connectivity index (χ2v) is 8.21. The molecule has 0 fully saturated rings. The molecule has 1 aromatic heterocycles. The lowest BCUT2D eigenvalue weighted by Crippen LogP contribution is -2.15. The first-order chi connectivity index (χ1) is 12.4. The molecule has 0 amide bonds. The summed E-state index contributed by atoms with van der Waals surface area (Å²) in [6.07, 6.45) is 1.76. The Labute approximate surface area is 160 Å². The van der Waals surface area contributed by atoms with Crippen LogP contribution in [0.3, 0.4) is 0 Å². The summed E-state index contributed by atoms with van der Waals surface area (Å²) in [6.45, 7) is 4.32. The molecule has 0 aliphatic rings. The van der Waals surface area contributed by atoms with Crippen LogP contribution in [-0.2, 0) is 16.6 Å². The maximum atomic E-state index is 11.7. The molecule has 3 aromatic rings. The number of nitrogens with zero attached hydrogens (tertiary/aromatic N) is 2. The lowest BCUT2D eigenvalue weighted by Gasteiger charge is -2.09. The van der Waals surface area contributed by atoms with E-state index in [1.54, 1.807) is 12.1 Å². The number of nitrogens with two attached hydrogens (primary N) is 1. The first kappa shape index (κ1) is 18.6. The maximum absolute atomic E-state index is 11.7. The van der Waals surface area contributed by atoms with Crippen LogP contribution in [0.4, 0.5) is 5.69 Å². The van der Waals surface area contributed by atoms with Gasteiger partial charge >= 0.3 is 0 Å². The first-order valence-corrected chi connectivity index (χ1v) is 10.4. The molecule has 0 radical (unpaired) electrons. The van der Waals surface area contributed by atoms with Crippen molar-refractivity contribution in [3.63, 3.8) is 0 Å². The van der Waals surface area contributed by atoms with Crippen LogP contribution < -0.4 is 9.94 Å². The monoisotopic (exact) mass is 405 g/mol. The van der Waals surface area contributed by atoms with E-state index in [0.29, 0.717) is 12.1 Å². The summed E-state index contributed by atoms with van der Waals surface area (Å²) in [6, 6.07) is 14.4. The van der Waals surface area contributed by atoms with E-state index >= 15 is 0 Å². The Bertz CT molecular complexity index is 1120. The fourth-order valence-electron chi connectivity index (χ4n) is 2.45. The van der Waals surface area contributed by atoms with Crippen molar-refractivity contribution in [3.05, 3.63) is 76.4 Å². The molecule has 0 aliphatic carbocycles. The number of rotatable bonds is 5. The van der Waals surface area contributed by atoms with Crippen molar-refractivity contribution >= 4 is 38.6 Å². The molecule has 134 valence electrons. The SMILES string of the molecule is C=CCn1c(-c2ccc(Cl)c(S(N)(=O)=O)c2)csc1=Nc1ccccc1. The zero-order valence-electron chi connectivity index (χ0n) is 13.7. The number of hydrogen-bond donors (Lipinski definition) is 1. The highest BCUT2D eigenvalue weighted by atomic mass is 35.5. The van der Waals surface area contributed by atoms with Crippen LogP contribution in [0.25, 0.3) is 11.3 Å². The molecule has 5 nitrogen and oxygen atoms in total. The summed E-state index contributed by atoms with van der Waals surface area (Å²) in [5, 5.41) is 7.27. The van der Waals surface area contributed by atoms with Gasteiger partial charge in [-0.3, -0.25) is 0 Å². The topological polar surface area (TPSA) is 77.5 Å². The molecule has 0 saturated heterocycles. The van der Waals surface area contributed by atoms with Gasteiger partial charge in [-0.1, -0.05) is 41.9 Å². The van der Waals surface area contributed by atoms with E-state index in [4.69, 9.17) is 16.7 Å². The average molecular weight is 406 g/mol. The van der Waals surface area contributed by atoms with E-state index in [9.17, 15) is 8.42 Å². The van der Waals surface area contributed by atoms with Crippen LogP contribution in [0.1, 0.15) is 0 Å². The van der Waals surface area contributed by atoms with Crippen molar-refractivity contribution < 1.29 is 8.42 Å². The zero-order chi connectivity index (χ0) is 18.7. The zero-order valence-corrected chi connectivity index (χ0v) is 16.1. The second-order valence-electron chi connectivity index (χ2n) is 5.44.